The molecule has 0 saturated carbocycles. The summed E-state index contributed by atoms with van der Waals surface area (Å²) in [5.74, 6) is -0.277. The molecule has 0 fully saturated rings. The van der Waals surface area contributed by atoms with E-state index in [0.29, 0.717) is 40.1 Å². The average Bonchev–Trinajstić information content (AvgIpc) is 2.97. The first-order valence-corrected chi connectivity index (χ1v) is 9.47. The number of hydrogen-bond donors (Lipinski definition) is 0. The SMILES string of the molecule is COC(=O)C1Cc2ccccc2CN1Cn1nc2c(Cl)cc(Cl)cn2c1=S. The number of methoxy groups -OCH3 is 1. The molecular weight excluding hydrogens is 407 g/mol. The van der Waals surface area contributed by atoms with Crippen LogP contribution in [-0.2, 0) is 29.2 Å². The summed E-state index contributed by atoms with van der Waals surface area (Å²) in [6, 6.07) is 9.30. The Morgan fingerprint density at radius 3 is 2.81 bits per heavy atom. The summed E-state index contributed by atoms with van der Waals surface area (Å²) in [5, 5.41) is 5.41. The summed E-state index contributed by atoms with van der Waals surface area (Å²) < 4.78 is 8.79. The molecule has 2 aromatic heterocycles. The minimum atomic E-state index is -0.407. The second kappa shape index (κ2) is 7.24. The minimum absolute atomic E-state index is 0.277. The van der Waals surface area contributed by atoms with Crippen LogP contribution in [-0.4, -0.2) is 38.2 Å². The van der Waals surface area contributed by atoms with Crippen molar-refractivity contribution in [3.8, 4) is 0 Å². The number of carbonyl (C=O) groups excluding carboxylic acids is 1. The van der Waals surface area contributed by atoms with E-state index < -0.39 is 6.04 Å². The van der Waals surface area contributed by atoms with Crippen molar-refractivity contribution in [3.63, 3.8) is 0 Å². The summed E-state index contributed by atoms with van der Waals surface area (Å²) in [5.41, 5.74) is 2.85. The highest BCUT2D eigenvalue weighted by Gasteiger charge is 2.32. The molecule has 0 radical (unpaired) electrons. The second-order valence-corrected chi connectivity index (χ2v) is 7.59. The van der Waals surface area contributed by atoms with E-state index in [-0.39, 0.29) is 5.97 Å². The largest absolute Gasteiger partial charge is 0.468 e. The zero-order chi connectivity index (χ0) is 19.1. The Labute approximate surface area is 170 Å². The van der Waals surface area contributed by atoms with Crippen LogP contribution in [0.15, 0.2) is 36.5 Å². The number of rotatable bonds is 3. The Kier molecular flexibility index (Phi) is 4.94. The zero-order valence-electron chi connectivity index (χ0n) is 14.4. The Balaban J connectivity index is 1.73. The normalized spacial score (nSPS) is 17.1. The maximum Gasteiger partial charge on any atom is 0.323 e. The Morgan fingerprint density at radius 2 is 2.07 bits per heavy atom. The van der Waals surface area contributed by atoms with E-state index >= 15 is 0 Å². The number of nitrogens with zero attached hydrogens (tertiary/aromatic N) is 4. The smallest absolute Gasteiger partial charge is 0.323 e. The van der Waals surface area contributed by atoms with Gasteiger partial charge in [-0.25, -0.2) is 4.68 Å². The van der Waals surface area contributed by atoms with Crippen LogP contribution in [0.5, 0.6) is 0 Å². The molecule has 9 heteroatoms. The fraction of sp³-hybridized carbons (Fsp3) is 0.278. The lowest BCUT2D eigenvalue weighted by Gasteiger charge is -2.34. The van der Waals surface area contributed by atoms with Gasteiger partial charge in [-0.1, -0.05) is 47.5 Å². The van der Waals surface area contributed by atoms with Crippen LogP contribution in [0.4, 0.5) is 0 Å². The first-order chi connectivity index (χ1) is 13.0. The summed E-state index contributed by atoms with van der Waals surface area (Å²) in [6.07, 6.45) is 2.26. The predicted molar refractivity (Wildman–Crippen MR) is 106 cm³/mol. The van der Waals surface area contributed by atoms with Gasteiger partial charge in [0, 0.05) is 12.7 Å². The van der Waals surface area contributed by atoms with E-state index in [1.165, 1.54) is 12.7 Å². The molecule has 3 aromatic rings. The van der Waals surface area contributed by atoms with Crippen LogP contribution in [0.25, 0.3) is 5.65 Å². The number of fused-ring (bicyclic) bond motifs is 2. The maximum atomic E-state index is 12.4. The molecule has 1 aliphatic rings. The van der Waals surface area contributed by atoms with Gasteiger partial charge in [0.2, 0.25) is 4.77 Å². The molecule has 1 atom stereocenters. The molecule has 0 aliphatic carbocycles. The van der Waals surface area contributed by atoms with Crippen LogP contribution in [0.2, 0.25) is 10.0 Å². The lowest BCUT2D eigenvalue weighted by molar-refractivity contribution is -0.148. The van der Waals surface area contributed by atoms with Gasteiger partial charge in [-0.15, -0.1) is 5.10 Å². The van der Waals surface area contributed by atoms with E-state index in [2.05, 4.69) is 11.2 Å². The number of aromatic nitrogens is 3. The van der Waals surface area contributed by atoms with Gasteiger partial charge in [-0.2, -0.15) is 0 Å². The summed E-state index contributed by atoms with van der Waals surface area (Å²) >= 11 is 17.8. The molecule has 1 aliphatic heterocycles. The number of ether oxygens (including phenoxy) is 1. The predicted octanol–water partition coefficient (Wildman–Crippen LogP) is 3.73. The molecule has 0 saturated heterocycles. The molecule has 27 heavy (non-hydrogen) atoms. The average molecular weight is 423 g/mol. The molecule has 1 aromatic carbocycles. The standard InChI is InChI=1S/C18H16Cl2N4O2S/c1-26-17(25)15-6-11-4-2-3-5-12(11)8-22(15)10-24-18(27)23-9-13(19)7-14(20)16(23)21-24/h2-5,7,9,15H,6,8,10H2,1H3. The highest BCUT2D eigenvalue weighted by molar-refractivity contribution is 7.71. The molecule has 0 spiro atoms. The number of halogens is 2. The van der Waals surface area contributed by atoms with E-state index in [1.54, 1.807) is 21.3 Å². The topological polar surface area (TPSA) is 51.8 Å². The second-order valence-electron chi connectivity index (χ2n) is 6.38. The number of esters is 1. The summed E-state index contributed by atoms with van der Waals surface area (Å²) in [4.78, 5) is 14.4. The van der Waals surface area contributed by atoms with Crippen LogP contribution in [0, 0.1) is 4.77 Å². The van der Waals surface area contributed by atoms with Crippen molar-refractivity contribution in [3.05, 3.63) is 62.5 Å². The van der Waals surface area contributed by atoms with Gasteiger partial charge >= 0.3 is 5.97 Å². The number of hydrogen-bond acceptors (Lipinski definition) is 5. The summed E-state index contributed by atoms with van der Waals surface area (Å²) in [7, 11) is 1.40. The molecule has 4 rings (SSSR count). The highest BCUT2D eigenvalue weighted by atomic mass is 35.5. The van der Waals surface area contributed by atoms with Gasteiger partial charge in [0.1, 0.15) is 6.04 Å². The number of carbonyl (C=O) groups is 1. The first kappa shape index (κ1) is 18.4. The molecule has 0 bridgehead atoms. The highest BCUT2D eigenvalue weighted by Crippen LogP contribution is 2.26. The van der Waals surface area contributed by atoms with Gasteiger partial charge in [0.15, 0.2) is 5.65 Å². The first-order valence-electron chi connectivity index (χ1n) is 8.31. The molecule has 1 unspecified atom stereocenters. The third kappa shape index (κ3) is 3.36. The van der Waals surface area contributed by atoms with Crippen molar-refractivity contribution >= 4 is 47.0 Å². The lowest BCUT2D eigenvalue weighted by atomic mass is 9.94. The van der Waals surface area contributed by atoms with Crippen molar-refractivity contribution in [1.29, 1.82) is 0 Å². The van der Waals surface area contributed by atoms with Crippen molar-refractivity contribution in [2.24, 2.45) is 0 Å². The van der Waals surface area contributed by atoms with Gasteiger partial charge in [-0.3, -0.25) is 14.1 Å². The van der Waals surface area contributed by atoms with Gasteiger partial charge in [-0.05, 0) is 35.8 Å². The fourth-order valence-corrected chi connectivity index (χ4v) is 4.15. The Morgan fingerprint density at radius 1 is 1.33 bits per heavy atom. The fourth-order valence-electron chi connectivity index (χ4n) is 3.40. The van der Waals surface area contributed by atoms with Crippen molar-refractivity contribution in [1.82, 2.24) is 19.1 Å². The van der Waals surface area contributed by atoms with E-state index in [1.807, 2.05) is 23.1 Å². The van der Waals surface area contributed by atoms with Gasteiger partial charge < -0.3 is 4.74 Å². The maximum absolute atomic E-state index is 12.4. The van der Waals surface area contributed by atoms with Crippen LogP contribution in [0.3, 0.4) is 0 Å². The van der Waals surface area contributed by atoms with E-state index in [4.69, 9.17) is 40.2 Å². The van der Waals surface area contributed by atoms with Crippen LogP contribution >= 0.6 is 35.4 Å². The van der Waals surface area contributed by atoms with Gasteiger partial charge in [0.05, 0.1) is 23.8 Å². The Hall–Kier alpha value is -1.93. The van der Waals surface area contributed by atoms with Crippen molar-refractivity contribution in [2.45, 2.75) is 25.7 Å². The van der Waals surface area contributed by atoms with Crippen LogP contribution in [0.1, 0.15) is 11.1 Å². The zero-order valence-corrected chi connectivity index (χ0v) is 16.8. The molecule has 3 heterocycles. The lowest BCUT2D eigenvalue weighted by Crippen LogP contribution is -2.46. The third-order valence-electron chi connectivity index (χ3n) is 4.74. The van der Waals surface area contributed by atoms with E-state index in [0.717, 1.165) is 5.56 Å². The van der Waals surface area contributed by atoms with Crippen molar-refractivity contribution < 1.29 is 9.53 Å². The summed E-state index contributed by atoms with van der Waals surface area (Å²) in [6.45, 7) is 0.933. The quantitative estimate of drug-likeness (QED) is 0.475. The molecular formula is C18H16Cl2N4O2S. The third-order valence-corrected chi connectivity index (χ3v) is 5.63. The number of pyridine rings is 1. The molecule has 0 amide bonds. The molecule has 6 nitrogen and oxygen atoms in total. The van der Waals surface area contributed by atoms with E-state index in [9.17, 15) is 4.79 Å². The minimum Gasteiger partial charge on any atom is -0.468 e. The Bertz CT molecular complexity index is 1090. The number of benzene rings is 1. The van der Waals surface area contributed by atoms with Gasteiger partial charge in [0.25, 0.3) is 0 Å². The monoisotopic (exact) mass is 422 g/mol. The molecule has 140 valence electrons. The van der Waals surface area contributed by atoms with Crippen LogP contribution < -0.4 is 0 Å². The van der Waals surface area contributed by atoms with Crippen molar-refractivity contribution in [2.75, 3.05) is 7.11 Å². The molecule has 0 N–H and O–H groups in total.